The first-order valence-corrected chi connectivity index (χ1v) is 8.44. The number of rotatable bonds is 6. The van der Waals surface area contributed by atoms with E-state index in [1.165, 1.54) is 6.42 Å². The Kier molecular flexibility index (Phi) is 6.18. The van der Waals surface area contributed by atoms with Gasteiger partial charge in [0.1, 0.15) is 0 Å². The lowest BCUT2D eigenvalue weighted by Crippen LogP contribution is -2.60. The van der Waals surface area contributed by atoms with Gasteiger partial charge in [-0.3, -0.25) is 4.79 Å². The predicted octanol–water partition coefficient (Wildman–Crippen LogP) is 2.93. The smallest absolute Gasteiger partial charge is 0.237 e. The third-order valence-electron chi connectivity index (χ3n) is 4.09. The second-order valence-corrected chi connectivity index (χ2v) is 8.23. The quantitative estimate of drug-likeness (QED) is 0.789. The van der Waals surface area contributed by atoms with E-state index in [9.17, 15) is 4.79 Å². The second kappa shape index (κ2) is 6.98. The van der Waals surface area contributed by atoms with Crippen LogP contribution in [0.25, 0.3) is 0 Å². The third kappa shape index (κ3) is 4.67. The van der Waals surface area contributed by atoms with E-state index >= 15 is 0 Å². The van der Waals surface area contributed by atoms with Gasteiger partial charge in [-0.15, -0.1) is 0 Å². The van der Waals surface area contributed by atoms with Crippen molar-refractivity contribution in [3.63, 3.8) is 0 Å². The molecular weight excluding hydrogens is 256 g/mol. The highest BCUT2D eigenvalue weighted by atomic mass is 32.2. The van der Waals surface area contributed by atoms with Crippen LogP contribution in [0.3, 0.4) is 0 Å². The lowest BCUT2D eigenvalue weighted by Gasteiger charge is -2.41. The maximum atomic E-state index is 11.9. The topological polar surface area (TPSA) is 55.1 Å². The van der Waals surface area contributed by atoms with Crippen LogP contribution in [0.1, 0.15) is 60.3 Å². The number of primary amides is 1. The standard InChI is InChI=1S/C15H30N2OS/c1-10(2)12(5)19-13-7-6-8-15(9-13,14(16)18)17-11(3)4/h10-13,17H,6-9H2,1-5H3,(H2,16,18). The van der Waals surface area contributed by atoms with Gasteiger partial charge in [0.05, 0.1) is 5.54 Å². The van der Waals surface area contributed by atoms with Gasteiger partial charge >= 0.3 is 0 Å². The van der Waals surface area contributed by atoms with Gasteiger partial charge in [0.2, 0.25) is 5.91 Å². The van der Waals surface area contributed by atoms with E-state index in [0.29, 0.717) is 22.5 Å². The van der Waals surface area contributed by atoms with Crippen molar-refractivity contribution in [2.24, 2.45) is 11.7 Å². The molecule has 1 aliphatic carbocycles. The Morgan fingerprint density at radius 2 is 1.95 bits per heavy atom. The molecule has 0 aromatic rings. The van der Waals surface area contributed by atoms with Crippen LogP contribution in [0.4, 0.5) is 0 Å². The Balaban J connectivity index is 2.71. The van der Waals surface area contributed by atoms with Gasteiger partial charge in [-0.05, 0) is 45.4 Å². The van der Waals surface area contributed by atoms with E-state index in [2.05, 4.69) is 39.9 Å². The number of hydrogen-bond donors (Lipinski definition) is 2. The summed E-state index contributed by atoms with van der Waals surface area (Å²) in [5, 5.41) is 4.62. The molecule has 4 heteroatoms. The minimum Gasteiger partial charge on any atom is -0.368 e. The number of nitrogens with two attached hydrogens (primary N) is 1. The summed E-state index contributed by atoms with van der Waals surface area (Å²) in [6.07, 6.45) is 4.05. The fraction of sp³-hybridized carbons (Fsp3) is 0.933. The van der Waals surface area contributed by atoms with Gasteiger partial charge in [-0.2, -0.15) is 11.8 Å². The van der Waals surface area contributed by atoms with Crippen LogP contribution < -0.4 is 11.1 Å². The molecule has 0 saturated heterocycles. The van der Waals surface area contributed by atoms with Crippen molar-refractivity contribution in [3.05, 3.63) is 0 Å². The fourth-order valence-corrected chi connectivity index (χ4v) is 4.38. The number of thioether (sulfide) groups is 1. The Labute approximate surface area is 122 Å². The SMILES string of the molecule is CC(C)NC1(C(N)=O)CCCC(SC(C)C(C)C)C1. The molecule has 0 heterocycles. The molecule has 112 valence electrons. The maximum absolute atomic E-state index is 11.9. The zero-order valence-electron chi connectivity index (χ0n) is 13.0. The van der Waals surface area contributed by atoms with Gasteiger partial charge in [0, 0.05) is 16.5 Å². The summed E-state index contributed by atoms with van der Waals surface area (Å²) >= 11 is 2.03. The Morgan fingerprint density at radius 3 is 2.42 bits per heavy atom. The monoisotopic (exact) mass is 286 g/mol. The molecule has 0 radical (unpaired) electrons. The van der Waals surface area contributed by atoms with E-state index in [-0.39, 0.29) is 5.91 Å². The highest BCUT2D eigenvalue weighted by Gasteiger charge is 2.42. The molecule has 0 bridgehead atoms. The highest BCUT2D eigenvalue weighted by molar-refractivity contribution is 8.00. The van der Waals surface area contributed by atoms with Gasteiger partial charge in [0.15, 0.2) is 0 Å². The average molecular weight is 286 g/mol. The van der Waals surface area contributed by atoms with Crippen molar-refractivity contribution in [2.75, 3.05) is 0 Å². The average Bonchev–Trinajstić information content (AvgIpc) is 2.27. The Morgan fingerprint density at radius 1 is 1.32 bits per heavy atom. The molecule has 19 heavy (non-hydrogen) atoms. The summed E-state index contributed by atoms with van der Waals surface area (Å²) in [4.78, 5) is 11.9. The van der Waals surface area contributed by atoms with Crippen molar-refractivity contribution in [1.29, 1.82) is 0 Å². The minimum atomic E-state index is -0.485. The number of carbonyl (C=O) groups is 1. The molecule has 3 N–H and O–H groups in total. The number of amides is 1. The minimum absolute atomic E-state index is 0.177. The fourth-order valence-electron chi connectivity index (χ4n) is 2.78. The van der Waals surface area contributed by atoms with E-state index in [1.54, 1.807) is 0 Å². The molecule has 1 saturated carbocycles. The molecule has 3 atom stereocenters. The lowest BCUT2D eigenvalue weighted by atomic mass is 9.80. The van der Waals surface area contributed by atoms with Crippen LogP contribution in [0.2, 0.25) is 0 Å². The molecule has 0 aromatic carbocycles. The van der Waals surface area contributed by atoms with Crippen molar-refractivity contribution < 1.29 is 4.79 Å². The highest BCUT2D eigenvalue weighted by Crippen LogP contribution is 2.38. The van der Waals surface area contributed by atoms with Crippen molar-refractivity contribution in [1.82, 2.24) is 5.32 Å². The first kappa shape index (κ1) is 16.8. The zero-order chi connectivity index (χ0) is 14.6. The normalized spacial score (nSPS) is 29.7. The predicted molar refractivity (Wildman–Crippen MR) is 84.3 cm³/mol. The second-order valence-electron chi connectivity index (χ2n) is 6.55. The van der Waals surface area contributed by atoms with Crippen LogP contribution >= 0.6 is 11.8 Å². The van der Waals surface area contributed by atoms with Gasteiger partial charge in [-0.25, -0.2) is 0 Å². The van der Waals surface area contributed by atoms with E-state index < -0.39 is 5.54 Å². The first-order valence-electron chi connectivity index (χ1n) is 7.50. The van der Waals surface area contributed by atoms with Crippen LogP contribution in [-0.2, 0) is 4.79 Å². The summed E-state index contributed by atoms with van der Waals surface area (Å²) in [7, 11) is 0. The van der Waals surface area contributed by atoms with Gasteiger partial charge < -0.3 is 11.1 Å². The van der Waals surface area contributed by atoms with Gasteiger partial charge in [-0.1, -0.05) is 20.8 Å². The van der Waals surface area contributed by atoms with Gasteiger partial charge in [0.25, 0.3) is 0 Å². The van der Waals surface area contributed by atoms with Crippen LogP contribution in [-0.4, -0.2) is 28.0 Å². The number of nitrogens with one attached hydrogen (secondary N) is 1. The molecule has 0 spiro atoms. The molecule has 1 rings (SSSR count). The maximum Gasteiger partial charge on any atom is 0.237 e. The van der Waals surface area contributed by atoms with Crippen LogP contribution in [0.15, 0.2) is 0 Å². The third-order valence-corrected chi connectivity index (χ3v) is 5.85. The summed E-state index contributed by atoms with van der Waals surface area (Å²) in [6, 6.07) is 0.291. The zero-order valence-corrected chi connectivity index (χ0v) is 13.8. The molecule has 1 fully saturated rings. The Hall–Kier alpha value is -0.220. The molecule has 1 aliphatic rings. The van der Waals surface area contributed by atoms with E-state index in [1.807, 2.05) is 11.8 Å². The Bertz CT molecular complexity index is 307. The summed E-state index contributed by atoms with van der Waals surface area (Å²) in [5.41, 5.74) is 5.21. The lowest BCUT2D eigenvalue weighted by molar-refractivity contribution is -0.126. The number of carbonyl (C=O) groups excluding carboxylic acids is 1. The summed E-state index contributed by atoms with van der Waals surface area (Å²) in [6.45, 7) is 11.0. The van der Waals surface area contributed by atoms with Crippen LogP contribution in [0.5, 0.6) is 0 Å². The molecule has 0 aromatic heterocycles. The van der Waals surface area contributed by atoms with E-state index in [4.69, 9.17) is 5.73 Å². The molecule has 0 aliphatic heterocycles. The summed E-state index contributed by atoms with van der Waals surface area (Å²) < 4.78 is 0. The molecular formula is C15H30N2OS. The van der Waals surface area contributed by atoms with Crippen molar-refractivity contribution in [3.8, 4) is 0 Å². The molecule has 3 nitrogen and oxygen atoms in total. The summed E-state index contributed by atoms with van der Waals surface area (Å²) in [5.74, 6) is 0.497. The largest absolute Gasteiger partial charge is 0.368 e. The molecule has 1 amide bonds. The first-order chi connectivity index (χ1) is 8.77. The van der Waals surface area contributed by atoms with Crippen LogP contribution in [0, 0.1) is 5.92 Å². The number of hydrogen-bond acceptors (Lipinski definition) is 3. The van der Waals surface area contributed by atoms with Crippen molar-refractivity contribution in [2.45, 2.75) is 82.4 Å². The molecule has 3 unspecified atom stereocenters. The van der Waals surface area contributed by atoms with E-state index in [0.717, 1.165) is 19.3 Å². The van der Waals surface area contributed by atoms with Crippen molar-refractivity contribution >= 4 is 17.7 Å².